The Kier molecular flexibility index (Phi) is 6.04. The van der Waals surface area contributed by atoms with Crippen LogP contribution in [0.3, 0.4) is 0 Å². The number of amides is 2. The molecule has 1 aliphatic carbocycles. The molecule has 5 rings (SSSR count). The molecule has 1 aromatic heterocycles. The molecule has 1 N–H and O–H groups in total. The number of hydrogen-bond acceptors (Lipinski definition) is 5. The number of oxazole rings is 1. The number of ether oxygens (including phenoxy) is 1. The molecule has 1 unspecified atom stereocenters. The topological polar surface area (TPSA) is 84.7 Å². The van der Waals surface area contributed by atoms with Gasteiger partial charge in [0.25, 0.3) is 5.91 Å². The summed E-state index contributed by atoms with van der Waals surface area (Å²) in [6.07, 6.45) is 4.35. The third-order valence-electron chi connectivity index (χ3n) is 6.31. The predicted molar refractivity (Wildman–Crippen MR) is 122 cm³/mol. The van der Waals surface area contributed by atoms with E-state index < -0.39 is 6.04 Å². The third kappa shape index (κ3) is 4.81. The van der Waals surface area contributed by atoms with Gasteiger partial charge in [0, 0.05) is 20.0 Å². The molecule has 1 atom stereocenters. The lowest BCUT2D eigenvalue weighted by Gasteiger charge is -2.37. The molecule has 8 heteroatoms. The summed E-state index contributed by atoms with van der Waals surface area (Å²) in [5.41, 5.74) is 2.93. The van der Waals surface area contributed by atoms with Crippen LogP contribution in [0.5, 0.6) is 5.75 Å². The van der Waals surface area contributed by atoms with Crippen LogP contribution < -0.4 is 10.1 Å². The molecule has 0 bridgehead atoms. The van der Waals surface area contributed by atoms with Crippen molar-refractivity contribution in [3.63, 3.8) is 0 Å². The van der Waals surface area contributed by atoms with Crippen molar-refractivity contribution in [2.24, 2.45) is 5.92 Å². The molecule has 1 fully saturated rings. The average molecular weight is 464 g/mol. The second-order valence-corrected chi connectivity index (χ2v) is 8.85. The molecule has 0 spiro atoms. The Balaban J connectivity index is 1.33. The number of nitrogens with zero attached hydrogens (tertiary/aromatic N) is 2. The molecule has 1 aliphatic heterocycles. The number of fused-ring (bicyclic) bond motifs is 1. The Labute approximate surface area is 196 Å². The minimum absolute atomic E-state index is 0.0513. The first-order valence-corrected chi connectivity index (χ1v) is 11.5. The van der Waals surface area contributed by atoms with E-state index in [1.807, 2.05) is 24.3 Å². The molecule has 7 nitrogen and oxygen atoms in total. The maximum absolute atomic E-state index is 14.0. The number of halogens is 1. The van der Waals surface area contributed by atoms with Crippen LogP contribution in [-0.2, 0) is 17.8 Å². The summed E-state index contributed by atoms with van der Waals surface area (Å²) in [5.74, 6) is 0.778. The number of hydrogen-bond donors (Lipinski definition) is 1. The van der Waals surface area contributed by atoms with Crippen LogP contribution >= 0.6 is 0 Å². The van der Waals surface area contributed by atoms with E-state index in [1.165, 1.54) is 25.3 Å². The van der Waals surface area contributed by atoms with E-state index in [-0.39, 0.29) is 29.9 Å². The Bertz CT molecular complexity index is 1220. The van der Waals surface area contributed by atoms with Gasteiger partial charge in [-0.1, -0.05) is 18.2 Å². The summed E-state index contributed by atoms with van der Waals surface area (Å²) >= 11 is 0. The van der Waals surface area contributed by atoms with Gasteiger partial charge in [0.05, 0.1) is 6.04 Å². The zero-order chi connectivity index (χ0) is 23.7. The van der Waals surface area contributed by atoms with Crippen LogP contribution in [0.15, 0.2) is 53.1 Å². The summed E-state index contributed by atoms with van der Waals surface area (Å²) in [4.78, 5) is 30.5. The highest BCUT2D eigenvalue weighted by Gasteiger charge is 2.31. The zero-order valence-corrected chi connectivity index (χ0v) is 18.9. The van der Waals surface area contributed by atoms with Gasteiger partial charge in [-0.05, 0) is 66.1 Å². The maximum Gasteiger partial charge on any atom is 0.273 e. The van der Waals surface area contributed by atoms with Gasteiger partial charge in [-0.3, -0.25) is 9.59 Å². The molecule has 34 heavy (non-hydrogen) atoms. The molecular weight excluding hydrogens is 437 g/mol. The average Bonchev–Trinajstić information content (AvgIpc) is 3.55. The van der Waals surface area contributed by atoms with Gasteiger partial charge in [-0.25, -0.2) is 9.37 Å². The minimum Gasteiger partial charge on any atom is -0.484 e. The van der Waals surface area contributed by atoms with Crippen molar-refractivity contribution in [3.05, 3.63) is 82.8 Å². The van der Waals surface area contributed by atoms with Crippen molar-refractivity contribution in [2.45, 2.75) is 38.8 Å². The van der Waals surface area contributed by atoms with E-state index in [4.69, 9.17) is 9.15 Å². The lowest BCUT2D eigenvalue weighted by atomic mass is 9.88. The van der Waals surface area contributed by atoms with Crippen LogP contribution in [0, 0.1) is 11.7 Å². The van der Waals surface area contributed by atoms with Crippen LogP contribution in [0.4, 0.5) is 4.39 Å². The van der Waals surface area contributed by atoms with Crippen LogP contribution in [0.1, 0.15) is 58.9 Å². The van der Waals surface area contributed by atoms with Crippen LogP contribution in [0.2, 0.25) is 0 Å². The third-order valence-corrected chi connectivity index (χ3v) is 6.31. The molecule has 176 valence electrons. The van der Waals surface area contributed by atoms with Gasteiger partial charge in [0.2, 0.25) is 11.8 Å². The Morgan fingerprint density at radius 2 is 2.09 bits per heavy atom. The number of nitrogens with one attached hydrogen (secondary N) is 1. The number of carbonyl (C=O) groups excluding carboxylic acids is 2. The van der Waals surface area contributed by atoms with E-state index in [0.29, 0.717) is 42.6 Å². The van der Waals surface area contributed by atoms with Gasteiger partial charge >= 0.3 is 0 Å². The van der Waals surface area contributed by atoms with Gasteiger partial charge in [0.15, 0.2) is 12.3 Å². The largest absolute Gasteiger partial charge is 0.484 e. The smallest absolute Gasteiger partial charge is 0.273 e. The van der Waals surface area contributed by atoms with Gasteiger partial charge < -0.3 is 19.4 Å². The molecule has 1 saturated carbocycles. The normalized spacial score (nSPS) is 17.2. The standard InChI is InChI=1S/C26H26FN3O4/c1-16(31)30-10-9-18-7-8-21(12-22(18)25(30)19-3-2-4-20(27)11-19)33-15-24-29-23(14-34-24)26(32)28-13-17-5-6-17/h2-4,7-8,11-12,14,17,25H,5-6,9-10,13,15H2,1H3,(H,28,32). The van der Waals surface area contributed by atoms with E-state index >= 15 is 0 Å². The predicted octanol–water partition coefficient (Wildman–Crippen LogP) is 4.03. The second-order valence-electron chi connectivity index (χ2n) is 8.85. The first kappa shape index (κ1) is 22.1. The summed E-state index contributed by atoms with van der Waals surface area (Å²) in [6, 6.07) is 11.6. The van der Waals surface area contributed by atoms with Gasteiger partial charge in [0.1, 0.15) is 17.8 Å². The number of aromatic nitrogens is 1. The molecule has 2 amide bonds. The van der Waals surface area contributed by atoms with Gasteiger partial charge in [-0.15, -0.1) is 0 Å². The maximum atomic E-state index is 14.0. The number of benzene rings is 2. The Morgan fingerprint density at radius 3 is 2.85 bits per heavy atom. The molecule has 0 radical (unpaired) electrons. The van der Waals surface area contributed by atoms with Gasteiger partial charge in [-0.2, -0.15) is 0 Å². The van der Waals surface area contributed by atoms with Crippen molar-refractivity contribution >= 4 is 11.8 Å². The lowest BCUT2D eigenvalue weighted by molar-refractivity contribution is -0.130. The fourth-order valence-electron chi connectivity index (χ4n) is 4.33. The summed E-state index contributed by atoms with van der Waals surface area (Å²) in [5, 5.41) is 2.86. The summed E-state index contributed by atoms with van der Waals surface area (Å²) < 4.78 is 25.3. The molecule has 2 aromatic carbocycles. The van der Waals surface area contributed by atoms with Crippen molar-refractivity contribution in [2.75, 3.05) is 13.1 Å². The quantitative estimate of drug-likeness (QED) is 0.572. The van der Waals surface area contributed by atoms with E-state index in [1.54, 1.807) is 11.0 Å². The number of rotatable bonds is 7. The fraction of sp³-hybridized carbons (Fsp3) is 0.346. The molecule has 3 aromatic rings. The van der Waals surface area contributed by atoms with E-state index in [0.717, 1.165) is 24.0 Å². The van der Waals surface area contributed by atoms with Crippen LogP contribution in [0.25, 0.3) is 0 Å². The first-order valence-electron chi connectivity index (χ1n) is 11.5. The monoisotopic (exact) mass is 463 g/mol. The minimum atomic E-state index is -0.399. The Hall–Kier alpha value is -3.68. The highest BCUT2D eigenvalue weighted by atomic mass is 19.1. The molecule has 0 saturated heterocycles. The molecule has 2 heterocycles. The number of carbonyl (C=O) groups is 2. The first-order chi connectivity index (χ1) is 16.5. The summed E-state index contributed by atoms with van der Waals surface area (Å²) in [7, 11) is 0. The van der Waals surface area contributed by atoms with Crippen molar-refractivity contribution in [1.82, 2.24) is 15.2 Å². The molecular formula is C26H26FN3O4. The van der Waals surface area contributed by atoms with Crippen molar-refractivity contribution < 1.29 is 23.1 Å². The van der Waals surface area contributed by atoms with Crippen molar-refractivity contribution in [1.29, 1.82) is 0 Å². The highest BCUT2D eigenvalue weighted by Crippen LogP contribution is 2.37. The second kappa shape index (κ2) is 9.29. The zero-order valence-electron chi connectivity index (χ0n) is 18.9. The highest BCUT2D eigenvalue weighted by molar-refractivity contribution is 5.91. The SMILES string of the molecule is CC(=O)N1CCc2ccc(OCc3nc(C(=O)NCC4CC4)co3)cc2C1c1cccc(F)c1. The Morgan fingerprint density at radius 1 is 1.24 bits per heavy atom. The fourth-order valence-corrected chi connectivity index (χ4v) is 4.33. The van der Waals surface area contributed by atoms with E-state index in [9.17, 15) is 14.0 Å². The lowest BCUT2D eigenvalue weighted by Crippen LogP contribution is -2.39. The van der Waals surface area contributed by atoms with E-state index in [2.05, 4.69) is 10.3 Å². The van der Waals surface area contributed by atoms with Crippen molar-refractivity contribution in [3.8, 4) is 5.75 Å². The molecule has 2 aliphatic rings. The van der Waals surface area contributed by atoms with Crippen LogP contribution in [-0.4, -0.2) is 34.8 Å². The summed E-state index contributed by atoms with van der Waals surface area (Å²) in [6.45, 7) is 2.80.